The van der Waals surface area contributed by atoms with E-state index in [-0.39, 0.29) is 17.9 Å². The predicted octanol–water partition coefficient (Wildman–Crippen LogP) is 4.04. The van der Waals surface area contributed by atoms with Gasteiger partial charge in [-0.15, -0.1) is 0 Å². The first-order valence-electron chi connectivity index (χ1n) is 11.3. The number of hydrogen-bond donors (Lipinski definition) is 2. The third kappa shape index (κ3) is 5.78. The van der Waals surface area contributed by atoms with E-state index < -0.39 is 0 Å². The molecule has 0 unspecified atom stereocenters. The molecule has 0 radical (unpaired) electrons. The number of guanidine groups is 1. The average molecular weight is 421 g/mol. The zero-order chi connectivity index (χ0) is 21.5. The molecule has 1 heterocycles. The number of anilines is 1. The number of para-hydroxylation sites is 1. The summed E-state index contributed by atoms with van der Waals surface area (Å²) in [6.45, 7) is 2.49. The van der Waals surface area contributed by atoms with Crippen molar-refractivity contribution in [1.82, 2.24) is 10.2 Å². The van der Waals surface area contributed by atoms with Crippen LogP contribution in [0.1, 0.15) is 37.7 Å². The van der Waals surface area contributed by atoms with Crippen LogP contribution in [-0.4, -0.2) is 43.0 Å². The van der Waals surface area contributed by atoms with Crippen LogP contribution in [0, 0.1) is 5.92 Å². The van der Waals surface area contributed by atoms with Crippen LogP contribution in [0.15, 0.2) is 59.6 Å². The molecule has 0 atom stereocenters. The number of rotatable bonds is 6. The van der Waals surface area contributed by atoms with Gasteiger partial charge in [-0.25, -0.2) is 0 Å². The van der Waals surface area contributed by atoms with E-state index in [2.05, 4.69) is 26.6 Å². The van der Waals surface area contributed by atoms with Crippen LogP contribution in [0.4, 0.5) is 5.69 Å². The largest absolute Gasteiger partial charge is 0.490 e. The maximum Gasteiger partial charge on any atom is 0.227 e. The van der Waals surface area contributed by atoms with Crippen LogP contribution < -0.4 is 15.4 Å². The third-order valence-electron chi connectivity index (χ3n) is 6.12. The highest BCUT2D eigenvalue weighted by molar-refractivity contribution is 5.93. The second kappa shape index (κ2) is 10.3. The first-order chi connectivity index (χ1) is 15.2. The molecule has 6 heteroatoms. The number of nitrogens with zero attached hydrogens (tertiary/aromatic N) is 2. The van der Waals surface area contributed by atoms with Crippen molar-refractivity contribution in [3.05, 3.63) is 60.2 Å². The molecule has 0 aromatic heterocycles. The van der Waals surface area contributed by atoms with E-state index >= 15 is 0 Å². The van der Waals surface area contributed by atoms with Crippen molar-refractivity contribution >= 4 is 17.6 Å². The Morgan fingerprint density at radius 1 is 1.06 bits per heavy atom. The van der Waals surface area contributed by atoms with Crippen LogP contribution >= 0.6 is 0 Å². The number of piperidine rings is 1. The molecule has 2 fully saturated rings. The van der Waals surface area contributed by atoms with E-state index in [1.165, 1.54) is 0 Å². The molecule has 4 rings (SSSR count). The number of aliphatic imine (C=N–C) groups is 1. The molecule has 1 saturated heterocycles. The standard InChI is InChI=1S/C25H32N4O2/c1-26-25(29-15-13-23(14-16-29)31-22-11-3-2-4-12-22)27-18-19-7-5-10-21(17-19)28-24(30)20-8-6-9-20/h2-5,7,10-12,17,20,23H,6,8-9,13-16,18H2,1H3,(H,26,27)(H,28,30). The molecule has 6 nitrogen and oxygen atoms in total. The molecule has 0 bridgehead atoms. The molecule has 164 valence electrons. The number of carbonyl (C=O) groups is 1. The Balaban J connectivity index is 1.25. The molecular weight excluding hydrogens is 388 g/mol. The third-order valence-corrected chi connectivity index (χ3v) is 6.12. The lowest BCUT2D eigenvalue weighted by atomic mass is 9.85. The van der Waals surface area contributed by atoms with Crippen LogP contribution in [0.25, 0.3) is 0 Å². The lowest BCUT2D eigenvalue weighted by Gasteiger charge is -2.34. The van der Waals surface area contributed by atoms with Crippen LogP contribution in [-0.2, 0) is 11.3 Å². The molecule has 1 amide bonds. The van der Waals surface area contributed by atoms with Crippen molar-refractivity contribution in [3.63, 3.8) is 0 Å². The topological polar surface area (TPSA) is 66.0 Å². The SMILES string of the molecule is CN=C(NCc1cccc(NC(=O)C2CCC2)c1)N1CCC(Oc2ccccc2)CC1. The van der Waals surface area contributed by atoms with Gasteiger partial charge in [-0.1, -0.05) is 36.8 Å². The fraction of sp³-hybridized carbons (Fsp3) is 0.440. The van der Waals surface area contributed by atoms with Gasteiger partial charge in [-0.3, -0.25) is 9.79 Å². The van der Waals surface area contributed by atoms with Crippen molar-refractivity contribution in [2.75, 3.05) is 25.5 Å². The number of likely N-dealkylation sites (tertiary alicyclic amines) is 1. The van der Waals surface area contributed by atoms with E-state index in [4.69, 9.17) is 4.74 Å². The number of ether oxygens (including phenoxy) is 1. The maximum absolute atomic E-state index is 12.2. The van der Waals surface area contributed by atoms with E-state index in [0.717, 1.165) is 68.2 Å². The quantitative estimate of drug-likeness (QED) is 0.547. The van der Waals surface area contributed by atoms with Gasteiger partial charge in [0.25, 0.3) is 0 Å². The molecular formula is C25H32N4O2. The summed E-state index contributed by atoms with van der Waals surface area (Å²) in [5, 5.41) is 6.52. The van der Waals surface area contributed by atoms with Gasteiger partial charge in [-0.05, 0) is 42.7 Å². The van der Waals surface area contributed by atoms with Gasteiger partial charge < -0.3 is 20.3 Å². The Morgan fingerprint density at radius 2 is 1.84 bits per heavy atom. The Kier molecular flexibility index (Phi) is 7.07. The Labute approximate surface area is 184 Å². The van der Waals surface area contributed by atoms with Crippen molar-refractivity contribution in [2.24, 2.45) is 10.9 Å². The smallest absolute Gasteiger partial charge is 0.227 e. The lowest BCUT2D eigenvalue weighted by molar-refractivity contribution is -0.122. The summed E-state index contributed by atoms with van der Waals surface area (Å²) >= 11 is 0. The summed E-state index contributed by atoms with van der Waals surface area (Å²) in [7, 11) is 1.82. The van der Waals surface area contributed by atoms with Gasteiger partial charge >= 0.3 is 0 Å². The molecule has 31 heavy (non-hydrogen) atoms. The highest BCUT2D eigenvalue weighted by Gasteiger charge is 2.25. The second-order valence-corrected chi connectivity index (χ2v) is 8.34. The molecule has 2 N–H and O–H groups in total. The fourth-order valence-electron chi connectivity index (χ4n) is 4.06. The summed E-state index contributed by atoms with van der Waals surface area (Å²) in [4.78, 5) is 19.0. The van der Waals surface area contributed by atoms with Gasteiger partial charge in [-0.2, -0.15) is 0 Å². The van der Waals surface area contributed by atoms with Crippen LogP contribution in [0.3, 0.4) is 0 Å². The van der Waals surface area contributed by atoms with E-state index in [1.54, 1.807) is 0 Å². The van der Waals surface area contributed by atoms with Gasteiger partial charge in [0.2, 0.25) is 5.91 Å². The van der Waals surface area contributed by atoms with Crippen LogP contribution in [0.2, 0.25) is 0 Å². The molecule has 1 aliphatic heterocycles. The average Bonchev–Trinajstić information content (AvgIpc) is 2.75. The molecule has 1 aliphatic carbocycles. The molecule has 0 spiro atoms. The summed E-state index contributed by atoms with van der Waals surface area (Å²) in [5.41, 5.74) is 1.99. The minimum atomic E-state index is 0.146. The van der Waals surface area contributed by atoms with E-state index in [9.17, 15) is 4.79 Å². The summed E-state index contributed by atoms with van der Waals surface area (Å²) < 4.78 is 6.10. The minimum absolute atomic E-state index is 0.146. The van der Waals surface area contributed by atoms with Crippen molar-refractivity contribution in [3.8, 4) is 5.75 Å². The van der Waals surface area contributed by atoms with Gasteiger partial charge in [0.05, 0.1) is 0 Å². The monoisotopic (exact) mass is 420 g/mol. The normalized spacial score (nSPS) is 17.7. The Morgan fingerprint density at radius 3 is 2.52 bits per heavy atom. The number of benzene rings is 2. The number of amides is 1. The number of nitrogens with one attached hydrogen (secondary N) is 2. The molecule has 2 aromatic rings. The second-order valence-electron chi connectivity index (χ2n) is 8.34. The predicted molar refractivity (Wildman–Crippen MR) is 124 cm³/mol. The molecule has 2 aromatic carbocycles. The number of carbonyl (C=O) groups excluding carboxylic acids is 1. The lowest BCUT2D eigenvalue weighted by Crippen LogP contribution is -2.47. The number of hydrogen-bond acceptors (Lipinski definition) is 3. The van der Waals surface area contributed by atoms with E-state index in [1.807, 2.05) is 55.6 Å². The van der Waals surface area contributed by atoms with E-state index in [0.29, 0.717) is 6.54 Å². The van der Waals surface area contributed by atoms with Crippen molar-refractivity contribution < 1.29 is 9.53 Å². The zero-order valence-electron chi connectivity index (χ0n) is 18.2. The maximum atomic E-state index is 12.2. The summed E-state index contributed by atoms with van der Waals surface area (Å²) in [6, 6.07) is 18.1. The Bertz CT molecular complexity index is 887. The van der Waals surface area contributed by atoms with Gasteiger partial charge in [0, 0.05) is 51.1 Å². The highest BCUT2D eigenvalue weighted by atomic mass is 16.5. The van der Waals surface area contributed by atoms with Crippen molar-refractivity contribution in [2.45, 2.75) is 44.8 Å². The van der Waals surface area contributed by atoms with Crippen LogP contribution in [0.5, 0.6) is 5.75 Å². The van der Waals surface area contributed by atoms with Gasteiger partial charge in [0.15, 0.2) is 5.96 Å². The summed E-state index contributed by atoms with van der Waals surface area (Å²) in [6.07, 6.45) is 5.37. The highest BCUT2D eigenvalue weighted by Crippen LogP contribution is 2.27. The minimum Gasteiger partial charge on any atom is -0.490 e. The first kappa shape index (κ1) is 21.2. The fourth-order valence-corrected chi connectivity index (χ4v) is 4.06. The zero-order valence-corrected chi connectivity index (χ0v) is 18.2. The Hall–Kier alpha value is -3.02. The summed E-state index contributed by atoms with van der Waals surface area (Å²) in [5.74, 6) is 2.18. The van der Waals surface area contributed by atoms with Crippen molar-refractivity contribution in [1.29, 1.82) is 0 Å². The molecule has 2 aliphatic rings. The van der Waals surface area contributed by atoms with Gasteiger partial charge in [0.1, 0.15) is 11.9 Å². The molecule has 1 saturated carbocycles. The first-order valence-corrected chi connectivity index (χ1v) is 11.3.